The van der Waals surface area contributed by atoms with E-state index in [1.54, 1.807) is 6.20 Å². The molecule has 0 aliphatic rings. The molecule has 3 heteroatoms. The highest BCUT2D eigenvalue weighted by atomic mass is 15.2. The highest BCUT2D eigenvalue weighted by Gasteiger charge is 2.12. The van der Waals surface area contributed by atoms with Crippen molar-refractivity contribution >= 4 is 0 Å². The molecule has 2 atom stereocenters. The molecule has 3 N–H and O–H groups in total. The molecule has 0 saturated carbocycles. The van der Waals surface area contributed by atoms with Crippen LogP contribution in [0.1, 0.15) is 38.3 Å². The Kier molecular flexibility index (Phi) is 4.56. The van der Waals surface area contributed by atoms with Crippen molar-refractivity contribution in [1.82, 2.24) is 10.4 Å². The van der Waals surface area contributed by atoms with E-state index in [0.717, 1.165) is 12.0 Å². The molecular weight excluding hydrogens is 174 g/mol. The molecule has 1 heterocycles. The SMILES string of the molecule is CCC(C)CC(NN)c1cccnc1. The number of nitrogens with zero attached hydrogens (tertiary/aromatic N) is 1. The first-order valence-corrected chi connectivity index (χ1v) is 5.14. The molecule has 0 aliphatic carbocycles. The summed E-state index contributed by atoms with van der Waals surface area (Å²) in [6.45, 7) is 4.43. The van der Waals surface area contributed by atoms with Crippen molar-refractivity contribution in [3.63, 3.8) is 0 Å². The Labute approximate surface area is 85.7 Å². The van der Waals surface area contributed by atoms with Crippen LogP contribution in [0.25, 0.3) is 0 Å². The van der Waals surface area contributed by atoms with E-state index in [0.29, 0.717) is 5.92 Å². The summed E-state index contributed by atoms with van der Waals surface area (Å²) in [7, 11) is 0. The first-order chi connectivity index (χ1) is 6.77. The molecule has 0 spiro atoms. The molecule has 78 valence electrons. The summed E-state index contributed by atoms with van der Waals surface area (Å²) in [6, 6.07) is 4.22. The summed E-state index contributed by atoms with van der Waals surface area (Å²) in [4.78, 5) is 4.09. The summed E-state index contributed by atoms with van der Waals surface area (Å²) < 4.78 is 0. The highest BCUT2D eigenvalue weighted by Crippen LogP contribution is 2.21. The van der Waals surface area contributed by atoms with Gasteiger partial charge < -0.3 is 0 Å². The highest BCUT2D eigenvalue weighted by molar-refractivity contribution is 5.13. The van der Waals surface area contributed by atoms with Crippen molar-refractivity contribution in [1.29, 1.82) is 0 Å². The van der Waals surface area contributed by atoms with E-state index in [4.69, 9.17) is 5.84 Å². The van der Waals surface area contributed by atoms with Crippen molar-refractivity contribution in [2.45, 2.75) is 32.7 Å². The molecule has 0 amide bonds. The number of hydrazine groups is 1. The third-order valence-electron chi connectivity index (χ3n) is 2.62. The number of rotatable bonds is 5. The molecule has 0 fully saturated rings. The second-order valence-electron chi connectivity index (χ2n) is 3.75. The second kappa shape index (κ2) is 5.73. The predicted octanol–water partition coefficient (Wildman–Crippen LogP) is 2.02. The Hall–Kier alpha value is -0.930. The van der Waals surface area contributed by atoms with E-state index in [1.807, 2.05) is 12.3 Å². The number of nitrogens with one attached hydrogen (secondary N) is 1. The topological polar surface area (TPSA) is 50.9 Å². The van der Waals surface area contributed by atoms with Gasteiger partial charge in [0.15, 0.2) is 0 Å². The lowest BCUT2D eigenvalue weighted by Crippen LogP contribution is -2.29. The van der Waals surface area contributed by atoms with Gasteiger partial charge in [0.25, 0.3) is 0 Å². The van der Waals surface area contributed by atoms with Gasteiger partial charge in [-0.15, -0.1) is 0 Å². The Morgan fingerprint density at radius 2 is 2.36 bits per heavy atom. The van der Waals surface area contributed by atoms with Gasteiger partial charge in [-0.1, -0.05) is 26.3 Å². The number of aromatic nitrogens is 1. The Morgan fingerprint density at radius 1 is 1.57 bits per heavy atom. The lowest BCUT2D eigenvalue weighted by molar-refractivity contribution is 0.407. The van der Waals surface area contributed by atoms with Gasteiger partial charge >= 0.3 is 0 Å². The quantitative estimate of drug-likeness (QED) is 0.555. The molecule has 0 saturated heterocycles. The van der Waals surface area contributed by atoms with Crippen LogP contribution in [0.3, 0.4) is 0 Å². The smallest absolute Gasteiger partial charge is 0.0477 e. The Morgan fingerprint density at radius 3 is 2.86 bits per heavy atom. The van der Waals surface area contributed by atoms with E-state index in [2.05, 4.69) is 30.3 Å². The molecule has 0 bridgehead atoms. The Balaban J connectivity index is 2.63. The van der Waals surface area contributed by atoms with Gasteiger partial charge in [0.05, 0.1) is 0 Å². The van der Waals surface area contributed by atoms with Crippen LogP contribution < -0.4 is 11.3 Å². The maximum Gasteiger partial charge on any atom is 0.0477 e. The molecular formula is C11H19N3. The summed E-state index contributed by atoms with van der Waals surface area (Å²) in [5, 5.41) is 0. The van der Waals surface area contributed by atoms with Crippen LogP contribution in [0.15, 0.2) is 24.5 Å². The number of pyridine rings is 1. The zero-order valence-corrected chi connectivity index (χ0v) is 8.90. The fraction of sp³-hybridized carbons (Fsp3) is 0.545. The molecule has 0 radical (unpaired) electrons. The van der Waals surface area contributed by atoms with Gasteiger partial charge in [-0.2, -0.15) is 0 Å². The maximum absolute atomic E-state index is 5.53. The summed E-state index contributed by atoms with van der Waals surface area (Å²) in [5.74, 6) is 6.21. The molecule has 14 heavy (non-hydrogen) atoms. The lowest BCUT2D eigenvalue weighted by atomic mass is 9.96. The predicted molar refractivity (Wildman–Crippen MR) is 58.4 cm³/mol. The molecule has 1 aromatic rings. The van der Waals surface area contributed by atoms with Gasteiger partial charge in [-0.05, 0) is 24.0 Å². The number of nitrogens with two attached hydrogens (primary N) is 1. The lowest BCUT2D eigenvalue weighted by Gasteiger charge is -2.19. The maximum atomic E-state index is 5.53. The number of hydrogen-bond acceptors (Lipinski definition) is 3. The van der Waals surface area contributed by atoms with Crippen molar-refractivity contribution in [2.24, 2.45) is 11.8 Å². The first-order valence-electron chi connectivity index (χ1n) is 5.14. The fourth-order valence-corrected chi connectivity index (χ4v) is 1.45. The monoisotopic (exact) mass is 193 g/mol. The van der Waals surface area contributed by atoms with E-state index in [9.17, 15) is 0 Å². The van der Waals surface area contributed by atoms with Gasteiger partial charge in [-0.25, -0.2) is 0 Å². The standard InChI is InChI=1S/C11H19N3/c1-3-9(2)7-11(14-12)10-5-4-6-13-8-10/h4-6,8-9,11,14H,3,7,12H2,1-2H3. The van der Waals surface area contributed by atoms with Crippen molar-refractivity contribution in [2.75, 3.05) is 0 Å². The van der Waals surface area contributed by atoms with Gasteiger partial charge in [0.2, 0.25) is 0 Å². The normalized spacial score (nSPS) is 15.1. The molecule has 0 aliphatic heterocycles. The van der Waals surface area contributed by atoms with E-state index in [-0.39, 0.29) is 6.04 Å². The molecule has 1 aromatic heterocycles. The second-order valence-corrected chi connectivity index (χ2v) is 3.75. The third-order valence-corrected chi connectivity index (χ3v) is 2.62. The summed E-state index contributed by atoms with van der Waals surface area (Å²) >= 11 is 0. The van der Waals surface area contributed by atoms with Crippen molar-refractivity contribution < 1.29 is 0 Å². The zero-order valence-electron chi connectivity index (χ0n) is 8.90. The summed E-state index contributed by atoms with van der Waals surface area (Å²) in [6.07, 6.45) is 5.88. The summed E-state index contributed by atoms with van der Waals surface area (Å²) in [5.41, 5.74) is 4.01. The van der Waals surface area contributed by atoms with Gasteiger partial charge in [-0.3, -0.25) is 16.3 Å². The minimum atomic E-state index is 0.221. The van der Waals surface area contributed by atoms with Crippen LogP contribution in [0, 0.1) is 5.92 Å². The zero-order chi connectivity index (χ0) is 10.4. The minimum absolute atomic E-state index is 0.221. The average Bonchev–Trinajstić information content (AvgIpc) is 2.26. The van der Waals surface area contributed by atoms with Gasteiger partial charge in [0.1, 0.15) is 0 Å². The third kappa shape index (κ3) is 3.09. The molecule has 1 rings (SSSR count). The molecule has 3 nitrogen and oxygen atoms in total. The van der Waals surface area contributed by atoms with Crippen molar-refractivity contribution in [3.8, 4) is 0 Å². The van der Waals surface area contributed by atoms with Crippen LogP contribution in [0.2, 0.25) is 0 Å². The molecule has 0 aromatic carbocycles. The van der Waals surface area contributed by atoms with Crippen LogP contribution in [-0.2, 0) is 0 Å². The average molecular weight is 193 g/mol. The van der Waals surface area contributed by atoms with Crippen LogP contribution >= 0.6 is 0 Å². The van der Waals surface area contributed by atoms with E-state index in [1.165, 1.54) is 6.42 Å². The van der Waals surface area contributed by atoms with Gasteiger partial charge in [0, 0.05) is 18.4 Å². The van der Waals surface area contributed by atoms with Crippen molar-refractivity contribution in [3.05, 3.63) is 30.1 Å². The van der Waals surface area contributed by atoms with Crippen LogP contribution in [0.4, 0.5) is 0 Å². The number of hydrogen-bond donors (Lipinski definition) is 2. The van der Waals surface area contributed by atoms with E-state index < -0.39 is 0 Å². The first kappa shape index (κ1) is 11.1. The fourth-order valence-electron chi connectivity index (χ4n) is 1.45. The van der Waals surface area contributed by atoms with E-state index >= 15 is 0 Å². The minimum Gasteiger partial charge on any atom is -0.271 e. The molecule has 2 unspecified atom stereocenters. The van der Waals surface area contributed by atoms with Crippen LogP contribution in [0.5, 0.6) is 0 Å². The Bertz CT molecular complexity index is 248. The van der Waals surface area contributed by atoms with Crippen LogP contribution in [-0.4, -0.2) is 4.98 Å². The largest absolute Gasteiger partial charge is 0.271 e.